The zero-order valence-electron chi connectivity index (χ0n) is 18.0. The van der Waals surface area contributed by atoms with Gasteiger partial charge in [0.2, 0.25) is 0 Å². The summed E-state index contributed by atoms with van der Waals surface area (Å²) in [6, 6.07) is 25.6. The van der Waals surface area contributed by atoms with Crippen LogP contribution in [0.2, 0.25) is 0 Å². The van der Waals surface area contributed by atoms with Crippen LogP contribution in [0.4, 0.5) is 11.4 Å². The highest BCUT2D eigenvalue weighted by Gasteiger charge is 2.37. The fraction of sp³-hybridized carbons (Fsp3) is 0.115. The van der Waals surface area contributed by atoms with Crippen LogP contribution in [0.15, 0.2) is 95.7 Å². The molecule has 0 bridgehead atoms. The standard InChI is InChI=1S/C26H22ClN3O3/c1-29(21-13-6-3-7-14-21)24(31)19-11-8-12-20(17-19)28-23-22(27)25(32)30(26(23)33)16-15-18-9-4-2-5-10-18/h2-14,17,28H,15-16H2,1H3. The van der Waals surface area contributed by atoms with E-state index < -0.39 is 11.8 Å². The summed E-state index contributed by atoms with van der Waals surface area (Å²) >= 11 is 6.21. The minimum atomic E-state index is -0.531. The molecule has 1 heterocycles. The minimum Gasteiger partial charge on any atom is -0.350 e. The van der Waals surface area contributed by atoms with Crippen molar-refractivity contribution in [2.24, 2.45) is 0 Å². The molecule has 0 aliphatic carbocycles. The van der Waals surface area contributed by atoms with Crippen LogP contribution in [0.5, 0.6) is 0 Å². The number of amides is 3. The summed E-state index contributed by atoms with van der Waals surface area (Å²) in [5.74, 6) is -1.22. The molecule has 7 heteroatoms. The number of hydrogen-bond donors (Lipinski definition) is 1. The Morgan fingerprint density at radius 3 is 2.27 bits per heavy atom. The van der Waals surface area contributed by atoms with Gasteiger partial charge in [0.1, 0.15) is 10.7 Å². The number of carbonyl (C=O) groups is 3. The van der Waals surface area contributed by atoms with Crippen LogP contribution < -0.4 is 10.2 Å². The molecule has 4 rings (SSSR count). The number of nitrogens with zero attached hydrogens (tertiary/aromatic N) is 2. The van der Waals surface area contributed by atoms with E-state index in [4.69, 9.17) is 11.6 Å². The van der Waals surface area contributed by atoms with Crippen LogP contribution in [0.1, 0.15) is 15.9 Å². The van der Waals surface area contributed by atoms with Gasteiger partial charge in [-0.3, -0.25) is 19.3 Å². The number of rotatable bonds is 7. The number of imide groups is 1. The molecule has 0 saturated heterocycles. The Bertz CT molecular complexity index is 1230. The second-order valence-electron chi connectivity index (χ2n) is 7.59. The molecule has 3 aromatic carbocycles. The van der Waals surface area contributed by atoms with E-state index in [1.54, 1.807) is 36.2 Å². The van der Waals surface area contributed by atoms with Crippen LogP contribution in [-0.2, 0) is 16.0 Å². The third-order valence-corrected chi connectivity index (χ3v) is 5.76. The topological polar surface area (TPSA) is 69.7 Å². The van der Waals surface area contributed by atoms with Crippen molar-refractivity contribution in [1.82, 2.24) is 4.90 Å². The van der Waals surface area contributed by atoms with E-state index in [0.29, 0.717) is 17.7 Å². The number of anilines is 2. The van der Waals surface area contributed by atoms with Gasteiger partial charge in [-0.25, -0.2) is 0 Å². The van der Waals surface area contributed by atoms with Gasteiger partial charge in [0, 0.05) is 30.5 Å². The molecular formula is C26H22ClN3O3. The third-order valence-electron chi connectivity index (χ3n) is 5.41. The number of benzene rings is 3. The fourth-order valence-electron chi connectivity index (χ4n) is 3.58. The van der Waals surface area contributed by atoms with Crippen molar-refractivity contribution in [3.63, 3.8) is 0 Å². The van der Waals surface area contributed by atoms with Crippen molar-refractivity contribution in [2.75, 3.05) is 23.8 Å². The molecule has 0 radical (unpaired) electrons. The van der Waals surface area contributed by atoms with E-state index in [9.17, 15) is 14.4 Å². The van der Waals surface area contributed by atoms with Gasteiger partial charge in [0.05, 0.1) is 0 Å². The molecule has 3 aromatic rings. The smallest absolute Gasteiger partial charge is 0.278 e. The Kier molecular flexibility index (Phi) is 6.56. The van der Waals surface area contributed by atoms with Gasteiger partial charge in [-0.15, -0.1) is 0 Å². The average Bonchev–Trinajstić information content (AvgIpc) is 3.06. The first-order valence-electron chi connectivity index (χ1n) is 10.5. The zero-order valence-corrected chi connectivity index (χ0v) is 18.8. The number of para-hydroxylation sites is 1. The Balaban J connectivity index is 1.48. The molecule has 0 aromatic heterocycles. The number of hydrogen-bond acceptors (Lipinski definition) is 4. The second-order valence-corrected chi connectivity index (χ2v) is 7.97. The molecule has 3 amide bonds. The lowest BCUT2D eigenvalue weighted by atomic mass is 10.1. The van der Waals surface area contributed by atoms with Crippen molar-refractivity contribution in [3.8, 4) is 0 Å². The predicted octanol–water partition coefficient (Wildman–Crippen LogP) is 4.44. The first-order valence-corrected chi connectivity index (χ1v) is 10.8. The maximum absolute atomic E-state index is 12.9. The van der Waals surface area contributed by atoms with Crippen molar-refractivity contribution in [2.45, 2.75) is 6.42 Å². The van der Waals surface area contributed by atoms with E-state index in [2.05, 4.69) is 5.32 Å². The number of nitrogens with one attached hydrogen (secondary N) is 1. The van der Waals surface area contributed by atoms with Crippen molar-refractivity contribution in [1.29, 1.82) is 0 Å². The van der Waals surface area contributed by atoms with E-state index in [1.165, 1.54) is 0 Å². The van der Waals surface area contributed by atoms with Gasteiger partial charge in [0.25, 0.3) is 17.7 Å². The van der Waals surface area contributed by atoms with Crippen LogP contribution in [0, 0.1) is 0 Å². The molecule has 0 fully saturated rings. The van der Waals surface area contributed by atoms with Crippen molar-refractivity contribution < 1.29 is 14.4 Å². The van der Waals surface area contributed by atoms with E-state index in [1.807, 2.05) is 60.7 Å². The number of halogens is 1. The summed E-state index contributed by atoms with van der Waals surface area (Å²) in [5.41, 5.74) is 2.71. The van der Waals surface area contributed by atoms with Gasteiger partial charge < -0.3 is 10.2 Å². The second kappa shape index (κ2) is 9.71. The van der Waals surface area contributed by atoms with Gasteiger partial charge in [-0.05, 0) is 42.3 Å². The highest BCUT2D eigenvalue weighted by molar-refractivity contribution is 6.48. The molecule has 0 saturated carbocycles. The molecule has 1 aliphatic rings. The minimum absolute atomic E-state index is 0.00995. The third kappa shape index (κ3) is 4.81. The summed E-state index contributed by atoms with van der Waals surface area (Å²) in [4.78, 5) is 41.1. The Hall–Kier alpha value is -3.90. The molecule has 1 aliphatic heterocycles. The lowest BCUT2D eigenvalue weighted by Gasteiger charge is -2.18. The Morgan fingerprint density at radius 1 is 0.909 bits per heavy atom. The van der Waals surface area contributed by atoms with Gasteiger partial charge in [0.15, 0.2) is 0 Å². The molecule has 33 heavy (non-hydrogen) atoms. The van der Waals surface area contributed by atoms with Gasteiger partial charge in [-0.2, -0.15) is 0 Å². The summed E-state index contributed by atoms with van der Waals surface area (Å²) < 4.78 is 0. The van der Waals surface area contributed by atoms with E-state index >= 15 is 0 Å². The monoisotopic (exact) mass is 459 g/mol. The first kappa shape index (κ1) is 22.3. The van der Waals surface area contributed by atoms with Crippen LogP contribution in [-0.4, -0.2) is 36.2 Å². The Labute approximate surface area is 197 Å². The normalized spacial score (nSPS) is 13.5. The molecule has 166 valence electrons. The van der Waals surface area contributed by atoms with E-state index in [0.717, 1.165) is 16.2 Å². The summed E-state index contributed by atoms with van der Waals surface area (Å²) in [5, 5.41) is 2.78. The first-order chi connectivity index (χ1) is 16.0. The van der Waals surface area contributed by atoms with Crippen molar-refractivity contribution >= 4 is 40.7 Å². The molecule has 0 atom stereocenters. The highest BCUT2D eigenvalue weighted by atomic mass is 35.5. The quantitative estimate of drug-likeness (QED) is 0.530. The maximum Gasteiger partial charge on any atom is 0.278 e. The maximum atomic E-state index is 12.9. The predicted molar refractivity (Wildman–Crippen MR) is 129 cm³/mol. The average molecular weight is 460 g/mol. The zero-order chi connectivity index (χ0) is 23.4. The molecular weight excluding hydrogens is 438 g/mol. The molecule has 6 nitrogen and oxygen atoms in total. The van der Waals surface area contributed by atoms with Crippen LogP contribution in [0.3, 0.4) is 0 Å². The SMILES string of the molecule is CN(C(=O)c1cccc(NC2=C(Cl)C(=O)N(CCc3ccccc3)C2=O)c1)c1ccccc1. The lowest BCUT2D eigenvalue weighted by molar-refractivity contribution is -0.137. The van der Waals surface area contributed by atoms with Gasteiger partial charge >= 0.3 is 0 Å². The molecule has 0 spiro atoms. The lowest BCUT2D eigenvalue weighted by Crippen LogP contribution is -2.34. The van der Waals surface area contributed by atoms with Crippen LogP contribution >= 0.6 is 11.6 Å². The van der Waals surface area contributed by atoms with Gasteiger partial charge in [-0.1, -0.05) is 66.2 Å². The molecule has 0 unspecified atom stereocenters. The summed E-state index contributed by atoms with van der Waals surface area (Å²) in [7, 11) is 1.70. The van der Waals surface area contributed by atoms with Crippen molar-refractivity contribution in [3.05, 3.63) is 107 Å². The van der Waals surface area contributed by atoms with E-state index in [-0.39, 0.29) is 23.2 Å². The molecule has 1 N–H and O–H groups in total. The largest absolute Gasteiger partial charge is 0.350 e. The summed E-state index contributed by atoms with van der Waals surface area (Å²) in [6.45, 7) is 0.226. The Morgan fingerprint density at radius 2 is 1.58 bits per heavy atom. The highest BCUT2D eigenvalue weighted by Crippen LogP contribution is 2.26. The van der Waals surface area contributed by atoms with Crippen LogP contribution in [0.25, 0.3) is 0 Å². The fourth-order valence-corrected chi connectivity index (χ4v) is 3.81. The number of carbonyl (C=O) groups excluding carboxylic acids is 3. The summed E-state index contributed by atoms with van der Waals surface area (Å²) in [6.07, 6.45) is 0.533.